The number of hydrogen-bond donors (Lipinski definition) is 2. The summed E-state index contributed by atoms with van der Waals surface area (Å²) in [6.45, 7) is 3.93. The first-order chi connectivity index (χ1) is 16.2. The Morgan fingerprint density at radius 2 is 1.29 bits per heavy atom. The van der Waals surface area contributed by atoms with Crippen molar-refractivity contribution in [2.45, 2.75) is 38.2 Å². The van der Waals surface area contributed by atoms with Crippen LogP contribution in [0.2, 0.25) is 0 Å². The number of halogens is 1. The summed E-state index contributed by atoms with van der Waals surface area (Å²) in [5, 5.41) is 12.8. The van der Waals surface area contributed by atoms with Crippen LogP contribution in [0.5, 0.6) is 0 Å². The van der Waals surface area contributed by atoms with Crippen molar-refractivity contribution in [1.82, 2.24) is 5.32 Å². The van der Waals surface area contributed by atoms with Gasteiger partial charge in [0.25, 0.3) is 0 Å². The second kappa shape index (κ2) is 13.3. The SMILES string of the molecule is CC(C)NC[C@H](CCl)OC(=O)C(OC(=O)c1ccccc1)C(OC(=O)c1ccccc1)C(=O)O. The van der Waals surface area contributed by atoms with Gasteiger partial charge >= 0.3 is 23.9 Å². The Hall–Kier alpha value is -3.43. The highest BCUT2D eigenvalue weighted by molar-refractivity contribution is 6.18. The predicted octanol–water partition coefficient (Wildman–Crippen LogP) is 2.67. The maximum Gasteiger partial charge on any atom is 0.352 e. The van der Waals surface area contributed by atoms with Crippen LogP contribution < -0.4 is 5.32 Å². The molecule has 0 radical (unpaired) electrons. The van der Waals surface area contributed by atoms with E-state index >= 15 is 0 Å². The molecule has 2 aromatic carbocycles. The highest BCUT2D eigenvalue weighted by Gasteiger charge is 2.42. The molecule has 0 aliphatic rings. The summed E-state index contributed by atoms with van der Waals surface area (Å²) in [7, 11) is 0. The number of esters is 3. The molecule has 0 saturated carbocycles. The van der Waals surface area contributed by atoms with E-state index in [0.29, 0.717) is 0 Å². The molecule has 182 valence electrons. The molecule has 2 unspecified atom stereocenters. The molecule has 9 nitrogen and oxygen atoms in total. The van der Waals surface area contributed by atoms with Gasteiger partial charge in [-0.2, -0.15) is 0 Å². The quantitative estimate of drug-likeness (QED) is 0.261. The minimum Gasteiger partial charge on any atom is -0.478 e. The van der Waals surface area contributed by atoms with Crippen molar-refractivity contribution < 1.29 is 38.5 Å². The predicted molar refractivity (Wildman–Crippen MR) is 123 cm³/mol. The molecule has 0 aromatic heterocycles. The van der Waals surface area contributed by atoms with Crippen molar-refractivity contribution in [3.63, 3.8) is 0 Å². The van der Waals surface area contributed by atoms with E-state index in [1.54, 1.807) is 36.4 Å². The van der Waals surface area contributed by atoms with Crippen LogP contribution >= 0.6 is 11.6 Å². The summed E-state index contributed by atoms with van der Waals surface area (Å²) in [4.78, 5) is 50.0. The number of carbonyl (C=O) groups is 4. The smallest absolute Gasteiger partial charge is 0.352 e. The van der Waals surface area contributed by atoms with Crippen molar-refractivity contribution in [2.75, 3.05) is 12.4 Å². The lowest BCUT2D eigenvalue weighted by Gasteiger charge is -2.25. The first-order valence-corrected chi connectivity index (χ1v) is 11.0. The van der Waals surface area contributed by atoms with Crippen molar-refractivity contribution in [1.29, 1.82) is 0 Å². The van der Waals surface area contributed by atoms with Crippen LogP contribution in [-0.2, 0) is 23.8 Å². The normalized spacial score (nSPS) is 13.4. The maximum absolute atomic E-state index is 12.9. The molecule has 0 bridgehead atoms. The van der Waals surface area contributed by atoms with Gasteiger partial charge in [0.1, 0.15) is 6.10 Å². The van der Waals surface area contributed by atoms with Crippen LogP contribution in [0.1, 0.15) is 34.6 Å². The molecule has 3 atom stereocenters. The highest BCUT2D eigenvalue weighted by Crippen LogP contribution is 2.15. The molecule has 34 heavy (non-hydrogen) atoms. The van der Waals surface area contributed by atoms with E-state index in [0.717, 1.165) is 0 Å². The van der Waals surface area contributed by atoms with Crippen LogP contribution in [0, 0.1) is 0 Å². The molecule has 10 heteroatoms. The van der Waals surface area contributed by atoms with Crippen molar-refractivity contribution >= 4 is 35.5 Å². The van der Waals surface area contributed by atoms with Crippen molar-refractivity contribution in [2.24, 2.45) is 0 Å². The molecule has 0 fully saturated rings. The summed E-state index contributed by atoms with van der Waals surface area (Å²) in [5.74, 6) is -5.03. The van der Waals surface area contributed by atoms with Crippen molar-refractivity contribution in [3.8, 4) is 0 Å². The molecule has 2 rings (SSSR count). The van der Waals surface area contributed by atoms with Crippen LogP contribution in [0.15, 0.2) is 60.7 Å². The minimum atomic E-state index is -2.16. The van der Waals surface area contributed by atoms with Gasteiger partial charge in [-0.3, -0.25) is 0 Å². The molecule has 0 heterocycles. The average molecular weight is 492 g/mol. The molecule has 0 amide bonds. The number of carbonyl (C=O) groups excluding carboxylic acids is 3. The largest absolute Gasteiger partial charge is 0.478 e. The maximum atomic E-state index is 12.9. The lowest BCUT2D eigenvalue weighted by atomic mass is 10.1. The molecule has 2 aromatic rings. The van der Waals surface area contributed by atoms with E-state index in [1.165, 1.54) is 24.3 Å². The fraction of sp³-hybridized carbons (Fsp3) is 0.333. The molecule has 2 N–H and O–H groups in total. The average Bonchev–Trinajstić information content (AvgIpc) is 2.84. The monoisotopic (exact) mass is 491 g/mol. The molecule has 0 spiro atoms. The van der Waals surface area contributed by atoms with E-state index in [9.17, 15) is 24.3 Å². The number of rotatable bonds is 12. The Labute approximate surface area is 202 Å². The van der Waals surface area contributed by atoms with Gasteiger partial charge in [0.2, 0.25) is 12.2 Å². The number of alkyl halides is 1. The third-order valence-electron chi connectivity index (χ3n) is 4.45. The second-order valence-electron chi connectivity index (χ2n) is 7.50. The van der Waals surface area contributed by atoms with Crippen LogP contribution in [0.4, 0.5) is 0 Å². The third-order valence-corrected chi connectivity index (χ3v) is 4.79. The number of ether oxygens (including phenoxy) is 3. The summed E-state index contributed by atoms with van der Waals surface area (Å²) >= 11 is 5.88. The summed E-state index contributed by atoms with van der Waals surface area (Å²) < 4.78 is 15.6. The Bertz CT molecular complexity index is 967. The molecule has 0 aliphatic carbocycles. The van der Waals surface area contributed by atoms with E-state index in [4.69, 9.17) is 25.8 Å². The first-order valence-electron chi connectivity index (χ1n) is 10.5. The number of hydrogen-bond acceptors (Lipinski definition) is 8. The molecular weight excluding hydrogens is 466 g/mol. The third kappa shape index (κ3) is 8.17. The van der Waals surface area contributed by atoms with Gasteiger partial charge < -0.3 is 24.6 Å². The Kier molecular flexibility index (Phi) is 10.5. The summed E-state index contributed by atoms with van der Waals surface area (Å²) in [6.07, 6.45) is -5.10. The van der Waals surface area contributed by atoms with Gasteiger partial charge in [0.05, 0.1) is 17.0 Å². The van der Waals surface area contributed by atoms with Gasteiger partial charge in [-0.05, 0) is 24.3 Å². The Morgan fingerprint density at radius 1 is 0.824 bits per heavy atom. The summed E-state index contributed by atoms with van der Waals surface area (Å²) in [6, 6.07) is 15.3. The van der Waals surface area contributed by atoms with Gasteiger partial charge in [0, 0.05) is 12.6 Å². The topological polar surface area (TPSA) is 128 Å². The number of benzene rings is 2. The second-order valence-corrected chi connectivity index (χ2v) is 7.81. The van der Waals surface area contributed by atoms with E-state index in [1.807, 2.05) is 13.8 Å². The van der Waals surface area contributed by atoms with Crippen molar-refractivity contribution in [3.05, 3.63) is 71.8 Å². The summed E-state index contributed by atoms with van der Waals surface area (Å²) in [5.41, 5.74) is 0.115. The highest BCUT2D eigenvalue weighted by atomic mass is 35.5. The molecule has 0 aliphatic heterocycles. The zero-order valence-corrected chi connectivity index (χ0v) is 19.4. The molecular formula is C24H26ClNO8. The first kappa shape index (κ1) is 26.8. The standard InChI is InChI=1S/C24H26ClNO8/c1-15(2)26-14-18(13-25)32-24(31)20(34-23(30)17-11-7-4-8-12-17)19(21(27)28)33-22(29)16-9-5-3-6-10-16/h3-12,15,18-20,26H,13-14H2,1-2H3,(H,27,28)/t18-,19?,20?/m0/s1. The Balaban J connectivity index is 2.30. The van der Waals surface area contributed by atoms with Gasteiger partial charge in [0.15, 0.2) is 0 Å². The lowest BCUT2D eigenvalue weighted by molar-refractivity contribution is -0.173. The number of nitrogens with one attached hydrogen (secondary N) is 1. The van der Waals surface area contributed by atoms with Crippen LogP contribution in [0.25, 0.3) is 0 Å². The Morgan fingerprint density at radius 3 is 1.71 bits per heavy atom. The van der Waals surface area contributed by atoms with E-state index < -0.39 is 42.2 Å². The number of carboxylic acid groups (broad SMARTS) is 1. The minimum absolute atomic E-state index is 0.0509. The lowest BCUT2D eigenvalue weighted by Crippen LogP contribution is -2.48. The van der Waals surface area contributed by atoms with Crippen LogP contribution in [-0.4, -0.2) is 65.8 Å². The van der Waals surface area contributed by atoms with Gasteiger partial charge in [-0.1, -0.05) is 50.2 Å². The zero-order chi connectivity index (χ0) is 25.1. The number of carboxylic acids is 1. The van der Waals surface area contributed by atoms with Gasteiger partial charge in [-0.25, -0.2) is 19.2 Å². The van der Waals surface area contributed by atoms with E-state index in [2.05, 4.69) is 5.32 Å². The van der Waals surface area contributed by atoms with E-state index in [-0.39, 0.29) is 29.6 Å². The van der Waals surface area contributed by atoms with Crippen LogP contribution in [0.3, 0.4) is 0 Å². The van der Waals surface area contributed by atoms with Gasteiger partial charge in [-0.15, -0.1) is 11.6 Å². The zero-order valence-electron chi connectivity index (χ0n) is 18.7. The fourth-order valence-corrected chi connectivity index (χ4v) is 2.89. The molecule has 0 saturated heterocycles. The number of aliphatic carboxylic acids is 1. The fourth-order valence-electron chi connectivity index (χ4n) is 2.72.